The first-order valence-corrected chi connectivity index (χ1v) is 7.81. The Morgan fingerprint density at radius 3 is 2.58 bits per heavy atom. The van der Waals surface area contributed by atoms with Crippen LogP contribution in [0.5, 0.6) is 5.75 Å². The fourth-order valence-electron chi connectivity index (χ4n) is 2.74. The lowest BCUT2D eigenvalue weighted by atomic mass is 9.92. The van der Waals surface area contributed by atoms with Crippen molar-refractivity contribution in [3.63, 3.8) is 0 Å². The second-order valence-corrected chi connectivity index (χ2v) is 5.88. The van der Waals surface area contributed by atoms with E-state index < -0.39 is 12.5 Å². The van der Waals surface area contributed by atoms with E-state index in [1.165, 1.54) is 18.2 Å². The molecule has 0 saturated carbocycles. The van der Waals surface area contributed by atoms with Gasteiger partial charge in [-0.1, -0.05) is 18.2 Å². The fourth-order valence-corrected chi connectivity index (χ4v) is 2.74. The molecular weight excluding hydrogens is 325 g/mol. The van der Waals surface area contributed by atoms with E-state index in [9.17, 15) is 23.1 Å². The Kier molecular flexibility index (Phi) is 5.93. The maximum atomic E-state index is 12.4. The van der Waals surface area contributed by atoms with E-state index >= 15 is 0 Å². The number of benzene rings is 1. The minimum atomic E-state index is -4.77. The molecule has 1 aliphatic rings. The zero-order valence-electron chi connectivity index (χ0n) is 13.3. The summed E-state index contributed by atoms with van der Waals surface area (Å²) < 4.78 is 41.1. The molecule has 1 aromatic rings. The number of para-hydroxylation sites is 1. The Morgan fingerprint density at radius 1 is 1.38 bits per heavy atom. The summed E-state index contributed by atoms with van der Waals surface area (Å²) in [5, 5.41) is 12.2. The van der Waals surface area contributed by atoms with Crippen molar-refractivity contribution in [3.8, 4) is 5.75 Å². The van der Waals surface area contributed by atoms with Crippen molar-refractivity contribution in [2.24, 2.45) is 5.92 Å². The first kappa shape index (κ1) is 18.4. The van der Waals surface area contributed by atoms with Gasteiger partial charge in [0.05, 0.1) is 6.10 Å². The summed E-state index contributed by atoms with van der Waals surface area (Å²) in [7, 11) is 0. The quantitative estimate of drug-likeness (QED) is 0.881. The molecule has 1 fully saturated rings. The van der Waals surface area contributed by atoms with Gasteiger partial charge in [-0.3, -0.25) is 0 Å². The largest absolute Gasteiger partial charge is 0.573 e. The molecule has 134 valence electrons. The van der Waals surface area contributed by atoms with Crippen LogP contribution in [-0.2, 0) is 6.54 Å². The number of nitrogens with zero attached hydrogens (tertiary/aromatic N) is 1. The highest BCUT2D eigenvalue weighted by Gasteiger charge is 2.32. The number of amides is 2. The number of hydrogen-bond donors (Lipinski definition) is 2. The fraction of sp³-hybridized carbons (Fsp3) is 0.562. The first-order chi connectivity index (χ1) is 11.3. The molecule has 1 atom stereocenters. The third-order valence-corrected chi connectivity index (χ3v) is 4.14. The Hall–Kier alpha value is -1.96. The molecule has 5 nitrogen and oxygen atoms in total. The van der Waals surface area contributed by atoms with Crippen LogP contribution in [0.4, 0.5) is 18.0 Å². The van der Waals surface area contributed by atoms with Gasteiger partial charge in [-0.25, -0.2) is 4.79 Å². The predicted molar refractivity (Wildman–Crippen MR) is 81.3 cm³/mol. The van der Waals surface area contributed by atoms with Crippen molar-refractivity contribution in [2.75, 3.05) is 13.1 Å². The molecule has 0 aromatic heterocycles. The van der Waals surface area contributed by atoms with Crippen molar-refractivity contribution < 1.29 is 27.8 Å². The number of carbonyl (C=O) groups excluding carboxylic acids is 1. The van der Waals surface area contributed by atoms with E-state index in [-0.39, 0.29) is 29.8 Å². The molecule has 0 spiro atoms. The zero-order valence-corrected chi connectivity index (χ0v) is 13.3. The third-order valence-electron chi connectivity index (χ3n) is 4.14. The van der Waals surface area contributed by atoms with Crippen molar-refractivity contribution in [1.82, 2.24) is 10.2 Å². The minimum Gasteiger partial charge on any atom is -0.405 e. The number of aliphatic hydroxyl groups is 1. The van der Waals surface area contributed by atoms with E-state index in [1.54, 1.807) is 17.9 Å². The van der Waals surface area contributed by atoms with Crippen LogP contribution >= 0.6 is 0 Å². The summed E-state index contributed by atoms with van der Waals surface area (Å²) in [4.78, 5) is 13.7. The van der Waals surface area contributed by atoms with Crippen molar-refractivity contribution >= 4 is 6.03 Å². The normalized spacial score (nSPS) is 17.5. The molecule has 1 aromatic carbocycles. The highest BCUT2D eigenvalue weighted by atomic mass is 19.4. The first-order valence-electron chi connectivity index (χ1n) is 7.81. The van der Waals surface area contributed by atoms with Crippen molar-refractivity contribution in [3.05, 3.63) is 29.8 Å². The van der Waals surface area contributed by atoms with E-state index in [4.69, 9.17) is 0 Å². The SMILES string of the molecule is CC(O)C1CCN(C(=O)NCc2ccccc2OC(F)(F)F)CC1. The molecule has 1 aliphatic heterocycles. The Labute approximate surface area is 138 Å². The van der Waals surface area contributed by atoms with Gasteiger partial charge in [0.25, 0.3) is 0 Å². The smallest absolute Gasteiger partial charge is 0.405 e. The molecule has 2 amide bonds. The van der Waals surface area contributed by atoms with Crippen LogP contribution < -0.4 is 10.1 Å². The van der Waals surface area contributed by atoms with Crippen LogP contribution in [0, 0.1) is 5.92 Å². The molecule has 0 bridgehead atoms. The minimum absolute atomic E-state index is 0.0541. The topological polar surface area (TPSA) is 61.8 Å². The number of urea groups is 1. The Bertz CT molecular complexity index is 556. The molecular formula is C16H21F3N2O3. The average molecular weight is 346 g/mol. The second-order valence-electron chi connectivity index (χ2n) is 5.88. The van der Waals surface area contributed by atoms with E-state index in [0.717, 1.165) is 0 Å². The lowest BCUT2D eigenvalue weighted by Gasteiger charge is -2.33. The van der Waals surface area contributed by atoms with Crippen LogP contribution in [0.2, 0.25) is 0 Å². The maximum Gasteiger partial charge on any atom is 0.573 e. The van der Waals surface area contributed by atoms with Crippen LogP contribution in [0.1, 0.15) is 25.3 Å². The molecule has 1 heterocycles. The number of likely N-dealkylation sites (tertiary alicyclic amines) is 1. The van der Waals surface area contributed by atoms with Gasteiger partial charge in [-0.15, -0.1) is 13.2 Å². The molecule has 2 N–H and O–H groups in total. The number of hydrogen-bond acceptors (Lipinski definition) is 3. The highest BCUT2D eigenvalue weighted by molar-refractivity contribution is 5.74. The second kappa shape index (κ2) is 7.74. The van der Waals surface area contributed by atoms with Crippen molar-refractivity contribution in [2.45, 2.75) is 38.8 Å². The lowest BCUT2D eigenvalue weighted by Crippen LogP contribution is -2.45. The molecule has 8 heteroatoms. The zero-order chi connectivity index (χ0) is 17.7. The Morgan fingerprint density at radius 2 is 2.00 bits per heavy atom. The summed E-state index contributed by atoms with van der Waals surface area (Å²) in [5.41, 5.74) is 0.252. The van der Waals surface area contributed by atoms with Gasteiger partial charge in [-0.05, 0) is 31.7 Å². The van der Waals surface area contributed by atoms with Gasteiger partial charge in [0.15, 0.2) is 0 Å². The molecule has 24 heavy (non-hydrogen) atoms. The molecule has 0 aliphatic carbocycles. The number of rotatable bonds is 4. The number of alkyl halides is 3. The average Bonchev–Trinajstić information content (AvgIpc) is 2.52. The van der Waals surface area contributed by atoms with E-state index in [2.05, 4.69) is 10.1 Å². The summed E-state index contributed by atoms with van der Waals surface area (Å²) in [6.07, 6.45) is -3.76. The van der Waals surface area contributed by atoms with Crippen LogP contribution in [-0.4, -0.2) is 41.6 Å². The van der Waals surface area contributed by atoms with Gasteiger partial charge >= 0.3 is 12.4 Å². The van der Waals surface area contributed by atoms with Crippen LogP contribution in [0.25, 0.3) is 0 Å². The highest BCUT2D eigenvalue weighted by Crippen LogP contribution is 2.26. The summed E-state index contributed by atoms with van der Waals surface area (Å²) in [6, 6.07) is 5.37. The monoisotopic (exact) mass is 346 g/mol. The predicted octanol–water partition coefficient (Wildman–Crippen LogP) is 2.89. The van der Waals surface area contributed by atoms with Gasteiger partial charge < -0.3 is 20.1 Å². The summed E-state index contributed by atoms with van der Waals surface area (Å²) in [6.45, 7) is 2.71. The van der Waals surface area contributed by atoms with Gasteiger partial charge in [0.2, 0.25) is 0 Å². The van der Waals surface area contributed by atoms with E-state index in [0.29, 0.717) is 25.9 Å². The maximum absolute atomic E-state index is 12.4. The number of ether oxygens (including phenoxy) is 1. The van der Waals surface area contributed by atoms with Crippen LogP contribution in [0.3, 0.4) is 0 Å². The van der Waals surface area contributed by atoms with E-state index in [1.807, 2.05) is 0 Å². The molecule has 0 radical (unpaired) electrons. The molecule has 1 saturated heterocycles. The number of nitrogens with one attached hydrogen (secondary N) is 1. The molecule has 2 rings (SSSR count). The summed E-state index contributed by atoms with van der Waals surface area (Å²) in [5.74, 6) is -0.145. The number of aliphatic hydroxyl groups excluding tert-OH is 1. The standard InChI is InChI=1S/C16H21F3N2O3/c1-11(22)12-6-8-21(9-7-12)15(23)20-10-13-4-2-3-5-14(13)24-16(17,18)19/h2-5,11-12,22H,6-10H2,1H3,(H,20,23). The third kappa shape index (κ3) is 5.30. The van der Waals surface area contributed by atoms with Gasteiger partial charge in [0, 0.05) is 25.2 Å². The van der Waals surface area contributed by atoms with Crippen molar-refractivity contribution in [1.29, 1.82) is 0 Å². The van der Waals surface area contributed by atoms with Gasteiger partial charge in [-0.2, -0.15) is 0 Å². The number of piperidine rings is 1. The lowest BCUT2D eigenvalue weighted by molar-refractivity contribution is -0.274. The van der Waals surface area contributed by atoms with Crippen LogP contribution in [0.15, 0.2) is 24.3 Å². The van der Waals surface area contributed by atoms with Gasteiger partial charge in [0.1, 0.15) is 5.75 Å². The Balaban J connectivity index is 1.89. The number of carbonyl (C=O) groups is 1. The molecule has 1 unspecified atom stereocenters. The number of halogens is 3. The summed E-state index contributed by atoms with van der Waals surface area (Å²) >= 11 is 0.